The minimum Gasteiger partial charge on any atom is -0.455 e. The largest absolute Gasteiger partial charge is 0.455 e. The van der Waals surface area contributed by atoms with Gasteiger partial charge >= 0.3 is 0 Å². The third-order valence-corrected chi connectivity index (χ3v) is 3.21. The highest BCUT2D eigenvalue weighted by atomic mass is 35.5. The average Bonchev–Trinajstić information content (AvgIpc) is 2.93. The van der Waals surface area contributed by atoms with E-state index in [1.165, 1.54) is 6.21 Å². The fraction of sp³-hybridized carbons (Fsp3) is 0.0667. The maximum absolute atomic E-state index is 5.98. The minimum absolute atomic E-state index is 0.407. The van der Waals surface area contributed by atoms with E-state index in [0.29, 0.717) is 33.2 Å². The van der Waals surface area contributed by atoms with Crippen LogP contribution in [0.15, 0.2) is 52.5 Å². The van der Waals surface area contributed by atoms with E-state index < -0.39 is 0 Å². The highest BCUT2D eigenvalue weighted by Crippen LogP contribution is 2.28. The van der Waals surface area contributed by atoms with Gasteiger partial charge in [0.2, 0.25) is 0 Å². The first-order valence-corrected chi connectivity index (χ1v) is 7.49. The molecule has 0 atom stereocenters. The Bertz CT molecular complexity index is 692. The zero-order valence-electron chi connectivity index (χ0n) is 11.5. The van der Waals surface area contributed by atoms with E-state index in [1.54, 1.807) is 30.3 Å². The molecule has 0 radical (unpaired) electrons. The van der Waals surface area contributed by atoms with Gasteiger partial charge in [-0.2, -0.15) is 5.10 Å². The van der Waals surface area contributed by atoms with Crippen molar-refractivity contribution in [3.05, 3.63) is 58.8 Å². The molecule has 0 aliphatic heterocycles. The molecule has 22 heavy (non-hydrogen) atoms. The van der Waals surface area contributed by atoms with E-state index in [9.17, 15) is 0 Å². The van der Waals surface area contributed by atoms with Crippen LogP contribution in [0.2, 0.25) is 10.0 Å². The van der Waals surface area contributed by atoms with E-state index in [4.69, 9.17) is 39.8 Å². The molecule has 4 nitrogen and oxygen atoms in total. The molecule has 1 heterocycles. The van der Waals surface area contributed by atoms with E-state index in [1.807, 2.05) is 6.07 Å². The van der Waals surface area contributed by atoms with Gasteiger partial charge in [0.15, 0.2) is 5.11 Å². The number of halogens is 2. The summed E-state index contributed by atoms with van der Waals surface area (Å²) < 4.78 is 5.66. The van der Waals surface area contributed by atoms with Gasteiger partial charge in [0.05, 0.1) is 6.21 Å². The van der Waals surface area contributed by atoms with Crippen molar-refractivity contribution in [2.45, 2.75) is 0 Å². The Hall–Kier alpha value is -1.82. The summed E-state index contributed by atoms with van der Waals surface area (Å²) >= 11 is 17.0. The quantitative estimate of drug-likeness (QED) is 0.365. The SMILES string of the molecule is C=CCNC(=S)NN=Cc1ccc(-c2cc(Cl)cc(Cl)c2)o1. The average molecular weight is 354 g/mol. The van der Waals surface area contributed by atoms with Crippen LogP contribution >= 0.6 is 35.4 Å². The maximum Gasteiger partial charge on any atom is 0.187 e. The van der Waals surface area contributed by atoms with E-state index in [2.05, 4.69) is 22.4 Å². The molecule has 1 aromatic heterocycles. The second kappa shape index (κ2) is 7.98. The van der Waals surface area contributed by atoms with Crippen molar-refractivity contribution in [2.75, 3.05) is 6.54 Å². The lowest BCUT2D eigenvalue weighted by atomic mass is 10.2. The molecule has 2 aromatic rings. The summed E-state index contributed by atoms with van der Waals surface area (Å²) in [6.45, 7) is 4.15. The molecular formula is C15H13Cl2N3OS. The van der Waals surface area contributed by atoms with Gasteiger partial charge in [0.25, 0.3) is 0 Å². The Morgan fingerprint density at radius 2 is 2.00 bits per heavy atom. The summed E-state index contributed by atoms with van der Waals surface area (Å²) in [5, 5.41) is 8.38. The Balaban J connectivity index is 2.02. The topological polar surface area (TPSA) is 49.6 Å². The summed E-state index contributed by atoms with van der Waals surface area (Å²) in [5.74, 6) is 1.23. The predicted molar refractivity (Wildman–Crippen MR) is 95.7 cm³/mol. The monoisotopic (exact) mass is 353 g/mol. The molecule has 0 fully saturated rings. The molecule has 2 N–H and O–H groups in total. The number of benzene rings is 1. The van der Waals surface area contributed by atoms with Gasteiger partial charge < -0.3 is 9.73 Å². The van der Waals surface area contributed by atoms with Gasteiger partial charge in [-0.1, -0.05) is 29.3 Å². The van der Waals surface area contributed by atoms with Crippen LogP contribution in [0.4, 0.5) is 0 Å². The van der Waals surface area contributed by atoms with Crippen LogP contribution in [0.1, 0.15) is 5.76 Å². The zero-order valence-corrected chi connectivity index (χ0v) is 13.8. The standard InChI is InChI=1S/C15H13Cl2N3OS/c1-2-5-18-15(22)20-19-9-13-3-4-14(21-13)10-6-11(16)8-12(17)7-10/h2-4,6-9H,1,5H2,(H2,18,20,22). The molecule has 0 aliphatic rings. The van der Waals surface area contributed by atoms with E-state index in [0.717, 1.165) is 5.56 Å². The van der Waals surface area contributed by atoms with Crippen LogP contribution in [0.25, 0.3) is 11.3 Å². The van der Waals surface area contributed by atoms with Crippen molar-refractivity contribution in [3.8, 4) is 11.3 Å². The number of thiocarbonyl (C=S) groups is 1. The lowest BCUT2D eigenvalue weighted by Crippen LogP contribution is -2.31. The van der Waals surface area contributed by atoms with Crippen LogP contribution in [0.5, 0.6) is 0 Å². The Morgan fingerprint density at radius 1 is 1.27 bits per heavy atom. The van der Waals surface area contributed by atoms with Crippen molar-refractivity contribution in [2.24, 2.45) is 5.10 Å². The Kier molecular flexibility index (Phi) is 6.00. The minimum atomic E-state index is 0.407. The van der Waals surface area contributed by atoms with Crippen molar-refractivity contribution < 1.29 is 4.42 Å². The molecule has 0 aliphatic carbocycles. The fourth-order valence-electron chi connectivity index (χ4n) is 1.63. The first kappa shape index (κ1) is 16.5. The molecule has 0 spiro atoms. The molecule has 0 amide bonds. The van der Waals surface area contributed by atoms with Crippen molar-refractivity contribution in [3.63, 3.8) is 0 Å². The number of nitrogens with one attached hydrogen (secondary N) is 2. The summed E-state index contributed by atoms with van der Waals surface area (Å²) in [7, 11) is 0. The lowest BCUT2D eigenvalue weighted by molar-refractivity contribution is 0.574. The van der Waals surface area contributed by atoms with Crippen LogP contribution in [-0.4, -0.2) is 17.9 Å². The van der Waals surface area contributed by atoms with Crippen LogP contribution in [-0.2, 0) is 0 Å². The highest BCUT2D eigenvalue weighted by molar-refractivity contribution is 7.80. The third kappa shape index (κ3) is 4.87. The summed E-state index contributed by atoms with van der Waals surface area (Å²) in [5.41, 5.74) is 3.47. The number of hydrazone groups is 1. The smallest absolute Gasteiger partial charge is 0.187 e. The highest BCUT2D eigenvalue weighted by Gasteiger charge is 2.06. The van der Waals surface area contributed by atoms with Gasteiger partial charge in [-0.05, 0) is 42.5 Å². The summed E-state index contributed by atoms with van der Waals surface area (Å²) in [6.07, 6.45) is 3.23. The molecular weight excluding hydrogens is 341 g/mol. The van der Waals surface area contributed by atoms with Gasteiger partial charge in [0.1, 0.15) is 11.5 Å². The first-order chi connectivity index (χ1) is 10.6. The molecule has 114 valence electrons. The Labute approximate surface area is 143 Å². The molecule has 1 aromatic carbocycles. The van der Waals surface area contributed by atoms with Gasteiger partial charge in [-0.15, -0.1) is 6.58 Å². The molecule has 0 unspecified atom stereocenters. The van der Waals surface area contributed by atoms with E-state index >= 15 is 0 Å². The summed E-state index contributed by atoms with van der Waals surface area (Å²) in [4.78, 5) is 0. The van der Waals surface area contributed by atoms with Crippen molar-refractivity contribution in [1.82, 2.24) is 10.7 Å². The first-order valence-electron chi connectivity index (χ1n) is 6.32. The van der Waals surface area contributed by atoms with Crippen LogP contribution < -0.4 is 10.7 Å². The predicted octanol–water partition coefficient (Wildman–Crippen LogP) is 4.24. The molecule has 0 saturated carbocycles. The molecule has 0 bridgehead atoms. The normalized spacial score (nSPS) is 10.6. The van der Waals surface area contributed by atoms with Crippen molar-refractivity contribution in [1.29, 1.82) is 0 Å². The van der Waals surface area contributed by atoms with Gasteiger partial charge in [-0.3, -0.25) is 5.43 Å². The van der Waals surface area contributed by atoms with Gasteiger partial charge in [0, 0.05) is 22.2 Å². The molecule has 0 saturated heterocycles. The third-order valence-electron chi connectivity index (χ3n) is 2.54. The number of hydrogen-bond donors (Lipinski definition) is 2. The lowest BCUT2D eigenvalue weighted by Gasteiger charge is -2.02. The second-order valence-electron chi connectivity index (χ2n) is 4.23. The van der Waals surface area contributed by atoms with Crippen LogP contribution in [0.3, 0.4) is 0 Å². The zero-order chi connectivity index (χ0) is 15.9. The number of hydrogen-bond acceptors (Lipinski definition) is 3. The maximum atomic E-state index is 5.98. The number of nitrogens with zero attached hydrogens (tertiary/aromatic N) is 1. The number of furan rings is 1. The fourth-order valence-corrected chi connectivity index (χ4v) is 2.29. The second-order valence-corrected chi connectivity index (χ2v) is 5.51. The Morgan fingerprint density at radius 3 is 2.68 bits per heavy atom. The number of rotatable bonds is 5. The van der Waals surface area contributed by atoms with Gasteiger partial charge in [-0.25, -0.2) is 0 Å². The summed E-state index contributed by atoms with van der Waals surface area (Å²) in [6, 6.07) is 8.83. The van der Waals surface area contributed by atoms with Crippen LogP contribution in [0, 0.1) is 0 Å². The molecule has 2 rings (SSSR count). The van der Waals surface area contributed by atoms with Crippen molar-refractivity contribution >= 4 is 46.7 Å². The van der Waals surface area contributed by atoms with E-state index in [-0.39, 0.29) is 0 Å². The molecule has 7 heteroatoms.